The van der Waals surface area contributed by atoms with Gasteiger partial charge in [-0.05, 0) is 23.8 Å². The van der Waals surface area contributed by atoms with Crippen molar-refractivity contribution in [2.45, 2.75) is 6.54 Å². The summed E-state index contributed by atoms with van der Waals surface area (Å²) in [7, 11) is 1.87. The van der Waals surface area contributed by atoms with Crippen molar-refractivity contribution < 1.29 is 5.21 Å². The van der Waals surface area contributed by atoms with Crippen LogP contribution in [0.2, 0.25) is 5.02 Å². The van der Waals surface area contributed by atoms with Gasteiger partial charge in [-0.3, -0.25) is 4.98 Å². The molecule has 0 amide bonds. The molecule has 0 aliphatic heterocycles. The van der Waals surface area contributed by atoms with E-state index in [-0.39, 0.29) is 5.84 Å². The first-order valence-corrected chi connectivity index (χ1v) is 6.23. The molecule has 0 radical (unpaired) electrons. The first-order valence-electron chi connectivity index (χ1n) is 5.86. The van der Waals surface area contributed by atoms with Crippen LogP contribution in [0.1, 0.15) is 11.1 Å². The number of amidine groups is 1. The molecule has 0 fully saturated rings. The third-order valence-corrected chi connectivity index (χ3v) is 3.16. The average molecular weight is 292 g/mol. The number of hydrogen-bond acceptors (Lipinski definition) is 5. The van der Waals surface area contributed by atoms with E-state index in [0.29, 0.717) is 22.9 Å². The average Bonchev–Trinajstić information content (AvgIpc) is 2.47. The van der Waals surface area contributed by atoms with Gasteiger partial charge in [-0.25, -0.2) is 4.98 Å². The summed E-state index contributed by atoms with van der Waals surface area (Å²) in [6, 6.07) is 5.43. The quantitative estimate of drug-likeness (QED) is 0.388. The highest BCUT2D eigenvalue weighted by Crippen LogP contribution is 2.26. The second kappa shape index (κ2) is 6.21. The number of oxime groups is 1. The fourth-order valence-corrected chi connectivity index (χ4v) is 2.14. The lowest BCUT2D eigenvalue weighted by Gasteiger charge is -2.20. The molecule has 104 valence electrons. The van der Waals surface area contributed by atoms with Crippen LogP contribution in [0.25, 0.3) is 0 Å². The largest absolute Gasteiger partial charge is 0.409 e. The Morgan fingerprint density at radius 3 is 2.70 bits per heavy atom. The third kappa shape index (κ3) is 2.97. The van der Waals surface area contributed by atoms with Crippen molar-refractivity contribution in [3.05, 3.63) is 52.9 Å². The lowest BCUT2D eigenvalue weighted by Crippen LogP contribution is -2.20. The standard InChI is InChI=1S/C13H14ClN5O/c1-19(8-9-2-5-16-6-3-9)13-11(14)10(4-7-17-13)12(15)18-20/h2-7,20H,8H2,1H3,(H2,15,18). The fraction of sp³-hybridized carbons (Fsp3) is 0.154. The SMILES string of the molecule is CN(Cc1ccncc1)c1nccc(/C(N)=N/O)c1Cl. The summed E-state index contributed by atoms with van der Waals surface area (Å²) < 4.78 is 0. The van der Waals surface area contributed by atoms with E-state index >= 15 is 0 Å². The molecular formula is C13H14ClN5O. The third-order valence-electron chi connectivity index (χ3n) is 2.79. The second-order valence-electron chi connectivity index (χ2n) is 4.19. The topological polar surface area (TPSA) is 87.6 Å². The molecule has 20 heavy (non-hydrogen) atoms. The van der Waals surface area contributed by atoms with Crippen LogP contribution in [0.5, 0.6) is 0 Å². The maximum absolute atomic E-state index is 8.74. The molecule has 2 aromatic heterocycles. The van der Waals surface area contributed by atoms with Gasteiger partial charge >= 0.3 is 0 Å². The summed E-state index contributed by atoms with van der Waals surface area (Å²) in [5, 5.41) is 12.0. The summed E-state index contributed by atoms with van der Waals surface area (Å²) in [5.41, 5.74) is 7.10. The molecular weight excluding hydrogens is 278 g/mol. The Hall–Kier alpha value is -2.34. The van der Waals surface area contributed by atoms with Gasteiger partial charge < -0.3 is 15.8 Å². The van der Waals surface area contributed by atoms with E-state index in [4.69, 9.17) is 22.5 Å². The van der Waals surface area contributed by atoms with Crippen LogP contribution in [0.15, 0.2) is 41.9 Å². The highest BCUT2D eigenvalue weighted by Gasteiger charge is 2.14. The zero-order valence-electron chi connectivity index (χ0n) is 10.9. The molecule has 2 rings (SSSR count). The Morgan fingerprint density at radius 2 is 2.05 bits per heavy atom. The van der Waals surface area contributed by atoms with Gasteiger partial charge in [0.2, 0.25) is 0 Å². The monoisotopic (exact) mass is 291 g/mol. The fourth-order valence-electron chi connectivity index (χ4n) is 1.79. The first kappa shape index (κ1) is 14.1. The molecule has 2 aromatic rings. The number of nitrogens with zero attached hydrogens (tertiary/aromatic N) is 4. The predicted octanol–water partition coefficient (Wildman–Crippen LogP) is 1.86. The normalized spacial score (nSPS) is 11.4. The van der Waals surface area contributed by atoms with Crippen molar-refractivity contribution in [2.24, 2.45) is 10.9 Å². The number of pyridine rings is 2. The van der Waals surface area contributed by atoms with Crippen LogP contribution in [0.4, 0.5) is 5.82 Å². The van der Waals surface area contributed by atoms with Gasteiger partial charge in [-0.2, -0.15) is 0 Å². The maximum Gasteiger partial charge on any atom is 0.171 e. The van der Waals surface area contributed by atoms with E-state index < -0.39 is 0 Å². The minimum Gasteiger partial charge on any atom is -0.409 e. The van der Waals surface area contributed by atoms with E-state index in [1.54, 1.807) is 24.7 Å². The summed E-state index contributed by atoms with van der Waals surface area (Å²) >= 11 is 6.26. The number of rotatable bonds is 4. The Morgan fingerprint density at radius 1 is 1.35 bits per heavy atom. The van der Waals surface area contributed by atoms with Crippen molar-refractivity contribution in [3.8, 4) is 0 Å². The van der Waals surface area contributed by atoms with Gasteiger partial charge in [0.05, 0.1) is 5.02 Å². The molecule has 2 heterocycles. The molecule has 0 aliphatic carbocycles. The molecule has 0 bridgehead atoms. The van der Waals surface area contributed by atoms with E-state index in [0.717, 1.165) is 5.56 Å². The van der Waals surface area contributed by atoms with Crippen LogP contribution in [-0.4, -0.2) is 28.1 Å². The second-order valence-corrected chi connectivity index (χ2v) is 4.57. The van der Waals surface area contributed by atoms with E-state index in [2.05, 4.69) is 15.1 Å². The molecule has 0 unspecified atom stereocenters. The molecule has 0 aromatic carbocycles. The molecule has 7 heteroatoms. The van der Waals surface area contributed by atoms with Crippen LogP contribution in [0, 0.1) is 0 Å². The Kier molecular flexibility index (Phi) is 4.37. The Balaban J connectivity index is 2.29. The van der Waals surface area contributed by atoms with Gasteiger partial charge in [-0.1, -0.05) is 16.8 Å². The molecule has 0 aliphatic rings. The van der Waals surface area contributed by atoms with Crippen molar-refractivity contribution >= 4 is 23.3 Å². The summed E-state index contributed by atoms with van der Waals surface area (Å²) in [6.45, 7) is 0.620. The zero-order chi connectivity index (χ0) is 14.5. The number of aromatic nitrogens is 2. The van der Waals surface area contributed by atoms with Crippen molar-refractivity contribution in [1.82, 2.24) is 9.97 Å². The van der Waals surface area contributed by atoms with E-state index in [9.17, 15) is 0 Å². The van der Waals surface area contributed by atoms with Gasteiger partial charge in [0.25, 0.3) is 0 Å². The van der Waals surface area contributed by atoms with Gasteiger partial charge in [0, 0.05) is 37.7 Å². The van der Waals surface area contributed by atoms with Gasteiger partial charge in [-0.15, -0.1) is 0 Å². The molecule has 6 nitrogen and oxygen atoms in total. The highest BCUT2D eigenvalue weighted by molar-refractivity contribution is 6.36. The number of hydrogen-bond donors (Lipinski definition) is 2. The van der Waals surface area contributed by atoms with Crippen molar-refractivity contribution in [2.75, 3.05) is 11.9 Å². The summed E-state index contributed by atoms with van der Waals surface area (Å²) in [5.74, 6) is 0.517. The molecule has 0 saturated carbocycles. The minimum atomic E-state index is -0.0454. The number of nitrogens with two attached hydrogens (primary N) is 1. The highest BCUT2D eigenvalue weighted by atomic mass is 35.5. The summed E-state index contributed by atoms with van der Waals surface area (Å²) in [6.07, 6.45) is 5.02. The van der Waals surface area contributed by atoms with Crippen molar-refractivity contribution in [1.29, 1.82) is 0 Å². The molecule has 0 spiro atoms. The van der Waals surface area contributed by atoms with Gasteiger partial charge in [0.15, 0.2) is 5.84 Å². The first-order chi connectivity index (χ1) is 9.63. The van der Waals surface area contributed by atoms with Gasteiger partial charge in [0.1, 0.15) is 5.82 Å². The maximum atomic E-state index is 8.74. The Labute approximate surface area is 121 Å². The minimum absolute atomic E-state index is 0.0454. The number of halogens is 1. The summed E-state index contributed by atoms with van der Waals surface area (Å²) in [4.78, 5) is 10.1. The van der Waals surface area contributed by atoms with Crippen molar-refractivity contribution in [3.63, 3.8) is 0 Å². The lowest BCUT2D eigenvalue weighted by atomic mass is 10.2. The lowest BCUT2D eigenvalue weighted by molar-refractivity contribution is 0.318. The zero-order valence-corrected chi connectivity index (χ0v) is 11.6. The molecule has 0 saturated heterocycles. The van der Waals surface area contributed by atoms with Crippen LogP contribution >= 0.6 is 11.6 Å². The van der Waals surface area contributed by atoms with Crippen LogP contribution in [0.3, 0.4) is 0 Å². The predicted molar refractivity (Wildman–Crippen MR) is 78.1 cm³/mol. The van der Waals surface area contributed by atoms with E-state index in [1.807, 2.05) is 24.1 Å². The Bertz CT molecular complexity index is 617. The van der Waals surface area contributed by atoms with E-state index in [1.165, 1.54) is 0 Å². The molecule has 0 atom stereocenters. The number of anilines is 1. The molecule has 3 N–H and O–H groups in total. The smallest absolute Gasteiger partial charge is 0.171 e. The van der Waals surface area contributed by atoms with Crippen LogP contribution in [-0.2, 0) is 6.54 Å². The van der Waals surface area contributed by atoms with Crippen LogP contribution < -0.4 is 10.6 Å².